The Kier molecular flexibility index (Phi) is 4.22. The molecule has 3 heteroatoms. The first kappa shape index (κ1) is 13.1. The molecule has 2 N–H and O–H groups in total. The van der Waals surface area contributed by atoms with Gasteiger partial charge in [0, 0.05) is 0 Å². The quantitative estimate of drug-likeness (QED) is 0.803. The standard InChI is InChI=1S/C14H16INS/c1-9(2)10-3-5-11(6-4-10)14(16)12-7-13(15)17-8-12/h3-9,14H,16H2,1-2H3. The summed E-state index contributed by atoms with van der Waals surface area (Å²) >= 11 is 4.07. The van der Waals surface area contributed by atoms with Gasteiger partial charge in [0.1, 0.15) is 0 Å². The van der Waals surface area contributed by atoms with Crippen LogP contribution in [0.3, 0.4) is 0 Å². The van der Waals surface area contributed by atoms with Crippen LogP contribution in [0.15, 0.2) is 35.7 Å². The monoisotopic (exact) mass is 357 g/mol. The van der Waals surface area contributed by atoms with Gasteiger partial charge in [-0.25, -0.2) is 0 Å². The molecule has 0 aliphatic heterocycles. The minimum Gasteiger partial charge on any atom is -0.320 e. The zero-order chi connectivity index (χ0) is 12.4. The lowest BCUT2D eigenvalue weighted by atomic mass is 9.97. The average molecular weight is 357 g/mol. The molecule has 0 bridgehead atoms. The lowest BCUT2D eigenvalue weighted by Crippen LogP contribution is -2.10. The van der Waals surface area contributed by atoms with Crippen molar-refractivity contribution in [1.29, 1.82) is 0 Å². The van der Waals surface area contributed by atoms with Crippen molar-refractivity contribution in [2.75, 3.05) is 0 Å². The fraction of sp³-hybridized carbons (Fsp3) is 0.286. The molecule has 1 nitrogen and oxygen atoms in total. The lowest BCUT2D eigenvalue weighted by molar-refractivity contribution is 0.849. The van der Waals surface area contributed by atoms with Crippen molar-refractivity contribution in [3.63, 3.8) is 0 Å². The van der Waals surface area contributed by atoms with Crippen molar-refractivity contribution >= 4 is 33.9 Å². The zero-order valence-corrected chi connectivity index (χ0v) is 13.0. The van der Waals surface area contributed by atoms with Gasteiger partial charge >= 0.3 is 0 Å². The van der Waals surface area contributed by atoms with E-state index in [4.69, 9.17) is 5.73 Å². The van der Waals surface area contributed by atoms with Crippen LogP contribution in [0, 0.1) is 2.88 Å². The highest BCUT2D eigenvalue weighted by molar-refractivity contribution is 14.1. The van der Waals surface area contributed by atoms with E-state index in [1.165, 1.54) is 19.6 Å². The number of thiophene rings is 1. The third-order valence-electron chi connectivity index (χ3n) is 2.91. The number of benzene rings is 1. The number of rotatable bonds is 3. The summed E-state index contributed by atoms with van der Waals surface area (Å²) < 4.78 is 1.28. The van der Waals surface area contributed by atoms with E-state index < -0.39 is 0 Å². The fourth-order valence-electron chi connectivity index (χ4n) is 1.77. The Labute approximate surface area is 120 Å². The molecule has 0 amide bonds. The highest BCUT2D eigenvalue weighted by atomic mass is 127. The van der Waals surface area contributed by atoms with Crippen molar-refractivity contribution in [2.45, 2.75) is 25.8 Å². The normalized spacial score (nSPS) is 13.0. The molecule has 0 radical (unpaired) electrons. The summed E-state index contributed by atoms with van der Waals surface area (Å²) in [5, 5.41) is 2.14. The van der Waals surface area contributed by atoms with Gasteiger partial charge in [-0.3, -0.25) is 0 Å². The molecule has 1 aromatic heterocycles. The molecule has 2 rings (SSSR count). The number of nitrogens with two attached hydrogens (primary N) is 1. The van der Waals surface area contributed by atoms with Gasteiger partial charge in [0.2, 0.25) is 0 Å². The molecule has 1 unspecified atom stereocenters. The number of hydrogen-bond acceptors (Lipinski definition) is 2. The summed E-state index contributed by atoms with van der Waals surface area (Å²) in [6.07, 6.45) is 0. The summed E-state index contributed by atoms with van der Waals surface area (Å²) in [5.74, 6) is 0.572. The third kappa shape index (κ3) is 3.09. The zero-order valence-electron chi connectivity index (χ0n) is 9.98. The lowest BCUT2D eigenvalue weighted by Gasteiger charge is -2.12. The summed E-state index contributed by atoms with van der Waals surface area (Å²) in [5.41, 5.74) is 10.0. The first-order valence-electron chi connectivity index (χ1n) is 5.67. The van der Waals surface area contributed by atoms with Gasteiger partial charge < -0.3 is 5.73 Å². The SMILES string of the molecule is CC(C)c1ccc(C(N)c2csc(I)c2)cc1. The first-order valence-corrected chi connectivity index (χ1v) is 7.63. The molecule has 1 atom stereocenters. The minimum atomic E-state index is -0.00372. The molecule has 0 aliphatic rings. The van der Waals surface area contributed by atoms with Crippen LogP contribution in [-0.2, 0) is 0 Å². The molecule has 0 fully saturated rings. The second kappa shape index (κ2) is 5.50. The van der Waals surface area contributed by atoms with Gasteiger partial charge in [0.25, 0.3) is 0 Å². The van der Waals surface area contributed by atoms with Crippen LogP contribution >= 0.6 is 33.9 Å². The van der Waals surface area contributed by atoms with Crippen LogP contribution in [0.5, 0.6) is 0 Å². The number of halogens is 1. The Morgan fingerprint density at radius 1 is 1.06 bits per heavy atom. The van der Waals surface area contributed by atoms with Gasteiger partial charge in [0.15, 0.2) is 0 Å². The van der Waals surface area contributed by atoms with E-state index in [2.05, 4.69) is 72.2 Å². The predicted molar refractivity (Wildman–Crippen MR) is 83.6 cm³/mol. The van der Waals surface area contributed by atoms with Gasteiger partial charge in [-0.15, -0.1) is 11.3 Å². The van der Waals surface area contributed by atoms with E-state index in [-0.39, 0.29) is 6.04 Å². The smallest absolute Gasteiger partial charge is 0.0656 e. The summed E-state index contributed by atoms with van der Waals surface area (Å²) in [7, 11) is 0. The van der Waals surface area contributed by atoms with Crippen molar-refractivity contribution < 1.29 is 0 Å². The van der Waals surface area contributed by atoms with Crippen LogP contribution in [0.2, 0.25) is 0 Å². The third-order valence-corrected chi connectivity index (χ3v) is 4.72. The molecule has 0 saturated heterocycles. The van der Waals surface area contributed by atoms with E-state index in [9.17, 15) is 0 Å². The fourth-order valence-corrected chi connectivity index (χ4v) is 3.18. The highest BCUT2D eigenvalue weighted by Crippen LogP contribution is 2.26. The Balaban J connectivity index is 2.22. The van der Waals surface area contributed by atoms with Crippen LogP contribution in [0.1, 0.15) is 42.5 Å². The van der Waals surface area contributed by atoms with Gasteiger partial charge in [-0.05, 0) is 56.6 Å². The van der Waals surface area contributed by atoms with Crippen LogP contribution in [0.25, 0.3) is 0 Å². The van der Waals surface area contributed by atoms with Crippen LogP contribution in [0.4, 0.5) is 0 Å². The predicted octanol–water partition coefficient (Wildman–Crippen LogP) is 4.52. The van der Waals surface area contributed by atoms with Crippen LogP contribution < -0.4 is 5.73 Å². The Morgan fingerprint density at radius 2 is 1.65 bits per heavy atom. The maximum absolute atomic E-state index is 6.26. The van der Waals surface area contributed by atoms with Crippen molar-refractivity contribution in [2.24, 2.45) is 5.73 Å². The summed E-state index contributed by atoms with van der Waals surface area (Å²) in [6, 6.07) is 10.8. The maximum atomic E-state index is 6.26. The molecule has 2 aromatic rings. The van der Waals surface area contributed by atoms with Crippen molar-refractivity contribution in [1.82, 2.24) is 0 Å². The molecule has 0 spiro atoms. The van der Waals surface area contributed by atoms with Crippen LogP contribution in [-0.4, -0.2) is 0 Å². The molecule has 1 aromatic carbocycles. The van der Waals surface area contributed by atoms with E-state index in [0.717, 1.165) is 0 Å². The molecular formula is C14H16INS. The number of hydrogen-bond donors (Lipinski definition) is 1. The van der Waals surface area contributed by atoms with E-state index in [1.807, 2.05) is 0 Å². The van der Waals surface area contributed by atoms with Crippen molar-refractivity contribution in [3.8, 4) is 0 Å². The second-order valence-corrected chi connectivity index (χ2v) is 7.29. The average Bonchev–Trinajstić information content (AvgIpc) is 2.75. The van der Waals surface area contributed by atoms with Gasteiger partial charge in [0.05, 0.1) is 8.93 Å². The van der Waals surface area contributed by atoms with Crippen molar-refractivity contribution in [3.05, 3.63) is 55.3 Å². The van der Waals surface area contributed by atoms with E-state index >= 15 is 0 Å². The first-order chi connectivity index (χ1) is 8.08. The molecule has 0 saturated carbocycles. The molecule has 1 heterocycles. The summed E-state index contributed by atoms with van der Waals surface area (Å²) in [6.45, 7) is 4.41. The Hall–Kier alpha value is -0.390. The highest BCUT2D eigenvalue weighted by Gasteiger charge is 2.10. The minimum absolute atomic E-state index is 0.00372. The Bertz CT molecular complexity index is 487. The van der Waals surface area contributed by atoms with Gasteiger partial charge in [-0.1, -0.05) is 38.1 Å². The molecule has 17 heavy (non-hydrogen) atoms. The largest absolute Gasteiger partial charge is 0.320 e. The Morgan fingerprint density at radius 3 is 2.12 bits per heavy atom. The van der Waals surface area contributed by atoms with E-state index in [0.29, 0.717) is 5.92 Å². The topological polar surface area (TPSA) is 26.0 Å². The van der Waals surface area contributed by atoms with E-state index in [1.54, 1.807) is 11.3 Å². The summed E-state index contributed by atoms with van der Waals surface area (Å²) in [4.78, 5) is 0. The molecule has 90 valence electrons. The molecule has 0 aliphatic carbocycles. The molecular weight excluding hydrogens is 341 g/mol. The maximum Gasteiger partial charge on any atom is 0.0656 e. The van der Waals surface area contributed by atoms with Gasteiger partial charge in [-0.2, -0.15) is 0 Å². The second-order valence-electron chi connectivity index (χ2n) is 4.48.